The molecule has 2 N–H and O–H groups in total. The molecule has 2 aromatic carbocycles. The standard InChI is InChI=1S/C13H13NO.ClH/c1-9(13(14)15)11-7-6-10-4-2-3-5-12(10)8-11;/h2-9H,1H3,(H2,14,15);1H. The number of nitrogens with two attached hydrogens (primary N) is 1. The van der Waals surface area contributed by atoms with Crippen LogP contribution in [0.5, 0.6) is 0 Å². The summed E-state index contributed by atoms with van der Waals surface area (Å²) in [5, 5.41) is 2.32. The van der Waals surface area contributed by atoms with Crippen molar-refractivity contribution in [3.8, 4) is 0 Å². The van der Waals surface area contributed by atoms with Crippen LogP contribution in [0.15, 0.2) is 42.5 Å². The molecule has 2 rings (SSSR count). The largest absolute Gasteiger partial charge is 0.369 e. The van der Waals surface area contributed by atoms with Gasteiger partial charge in [-0.05, 0) is 23.3 Å². The van der Waals surface area contributed by atoms with E-state index in [-0.39, 0.29) is 24.2 Å². The molecule has 0 heterocycles. The van der Waals surface area contributed by atoms with Gasteiger partial charge in [-0.2, -0.15) is 0 Å². The Morgan fingerprint density at radius 2 is 1.75 bits per heavy atom. The van der Waals surface area contributed by atoms with Crippen LogP contribution in [-0.4, -0.2) is 5.91 Å². The molecule has 1 atom stereocenters. The molecule has 0 radical (unpaired) electrons. The number of benzene rings is 2. The van der Waals surface area contributed by atoms with E-state index in [0.29, 0.717) is 0 Å². The van der Waals surface area contributed by atoms with Gasteiger partial charge >= 0.3 is 0 Å². The molecular formula is C13H14ClNO. The highest BCUT2D eigenvalue weighted by Gasteiger charge is 2.11. The van der Waals surface area contributed by atoms with Crippen molar-refractivity contribution in [3.63, 3.8) is 0 Å². The van der Waals surface area contributed by atoms with E-state index in [0.717, 1.165) is 10.9 Å². The van der Waals surface area contributed by atoms with Crippen molar-refractivity contribution in [2.75, 3.05) is 0 Å². The Balaban J connectivity index is 0.00000128. The van der Waals surface area contributed by atoms with Gasteiger partial charge in [-0.1, -0.05) is 42.5 Å². The molecule has 0 aromatic heterocycles. The molecule has 0 spiro atoms. The maximum atomic E-state index is 11.1. The minimum atomic E-state index is -0.287. The Labute approximate surface area is 101 Å². The van der Waals surface area contributed by atoms with Crippen LogP contribution in [0.4, 0.5) is 0 Å². The Morgan fingerprint density at radius 3 is 2.38 bits per heavy atom. The van der Waals surface area contributed by atoms with E-state index in [2.05, 4.69) is 0 Å². The number of carbonyl (C=O) groups is 1. The van der Waals surface area contributed by atoms with E-state index < -0.39 is 0 Å². The third-order valence-electron chi connectivity index (χ3n) is 2.70. The van der Waals surface area contributed by atoms with E-state index >= 15 is 0 Å². The molecule has 0 aliphatic carbocycles. The molecule has 3 heteroatoms. The summed E-state index contributed by atoms with van der Waals surface area (Å²) in [7, 11) is 0. The van der Waals surface area contributed by atoms with Crippen LogP contribution >= 0.6 is 12.4 Å². The van der Waals surface area contributed by atoms with Gasteiger partial charge in [0.1, 0.15) is 0 Å². The normalized spacial score (nSPS) is 11.8. The van der Waals surface area contributed by atoms with E-state index in [1.807, 2.05) is 49.4 Å². The molecule has 2 nitrogen and oxygen atoms in total. The number of hydrogen-bond donors (Lipinski definition) is 1. The summed E-state index contributed by atoms with van der Waals surface area (Å²) in [6, 6.07) is 14.1. The first kappa shape index (κ1) is 12.5. The highest BCUT2D eigenvalue weighted by molar-refractivity contribution is 5.86. The third-order valence-corrected chi connectivity index (χ3v) is 2.70. The molecule has 1 amide bonds. The summed E-state index contributed by atoms with van der Waals surface area (Å²) >= 11 is 0. The van der Waals surface area contributed by atoms with Gasteiger partial charge in [0.15, 0.2) is 0 Å². The summed E-state index contributed by atoms with van der Waals surface area (Å²) in [5.41, 5.74) is 6.25. The molecule has 1 unspecified atom stereocenters. The third kappa shape index (κ3) is 2.34. The monoisotopic (exact) mass is 235 g/mol. The van der Waals surface area contributed by atoms with Gasteiger partial charge in [-0.15, -0.1) is 12.4 Å². The zero-order valence-corrected chi connectivity index (χ0v) is 9.83. The highest BCUT2D eigenvalue weighted by Crippen LogP contribution is 2.21. The van der Waals surface area contributed by atoms with Crippen molar-refractivity contribution in [3.05, 3.63) is 48.0 Å². The second-order valence-corrected chi connectivity index (χ2v) is 3.73. The molecule has 0 saturated heterocycles. The summed E-state index contributed by atoms with van der Waals surface area (Å²) in [4.78, 5) is 11.1. The van der Waals surface area contributed by atoms with Gasteiger partial charge in [0.2, 0.25) is 5.91 Å². The maximum absolute atomic E-state index is 11.1. The Hall–Kier alpha value is -1.54. The van der Waals surface area contributed by atoms with Crippen LogP contribution in [0.3, 0.4) is 0 Å². The number of hydrogen-bond acceptors (Lipinski definition) is 1. The van der Waals surface area contributed by atoms with Crippen LogP contribution in [0, 0.1) is 0 Å². The number of primary amides is 1. The predicted octanol–water partition coefficient (Wildman–Crippen LogP) is 2.85. The average Bonchev–Trinajstić information content (AvgIpc) is 2.27. The molecule has 0 saturated carbocycles. The lowest BCUT2D eigenvalue weighted by Crippen LogP contribution is -2.18. The first-order valence-corrected chi connectivity index (χ1v) is 4.96. The van der Waals surface area contributed by atoms with Crippen LogP contribution in [0.1, 0.15) is 18.4 Å². The Kier molecular flexibility index (Phi) is 3.91. The minimum absolute atomic E-state index is 0. The number of halogens is 1. The summed E-state index contributed by atoms with van der Waals surface area (Å²) in [5.74, 6) is -0.514. The van der Waals surface area contributed by atoms with Gasteiger partial charge in [0.05, 0.1) is 5.92 Å². The number of rotatable bonds is 2. The van der Waals surface area contributed by atoms with E-state index in [4.69, 9.17) is 5.73 Å². The van der Waals surface area contributed by atoms with Crippen molar-refractivity contribution in [1.82, 2.24) is 0 Å². The molecule has 16 heavy (non-hydrogen) atoms. The maximum Gasteiger partial charge on any atom is 0.224 e. The van der Waals surface area contributed by atoms with E-state index in [1.165, 1.54) is 5.39 Å². The van der Waals surface area contributed by atoms with E-state index in [1.54, 1.807) is 0 Å². The first-order chi connectivity index (χ1) is 7.18. The second kappa shape index (κ2) is 4.99. The second-order valence-electron chi connectivity index (χ2n) is 3.73. The fraction of sp³-hybridized carbons (Fsp3) is 0.154. The zero-order valence-electron chi connectivity index (χ0n) is 9.01. The first-order valence-electron chi connectivity index (χ1n) is 4.96. The smallest absolute Gasteiger partial charge is 0.224 e. The van der Waals surface area contributed by atoms with E-state index in [9.17, 15) is 4.79 Å². The van der Waals surface area contributed by atoms with Crippen molar-refractivity contribution in [1.29, 1.82) is 0 Å². The quantitative estimate of drug-likeness (QED) is 0.855. The molecule has 0 aliphatic rings. The molecule has 84 valence electrons. The fourth-order valence-corrected chi connectivity index (χ4v) is 1.64. The Morgan fingerprint density at radius 1 is 1.12 bits per heavy atom. The highest BCUT2D eigenvalue weighted by atomic mass is 35.5. The van der Waals surface area contributed by atoms with Crippen LogP contribution in [0.25, 0.3) is 10.8 Å². The summed E-state index contributed by atoms with van der Waals surface area (Å²) in [6.45, 7) is 1.83. The molecule has 0 bridgehead atoms. The molecular weight excluding hydrogens is 222 g/mol. The SMILES string of the molecule is CC(C(N)=O)c1ccc2ccccc2c1.Cl. The molecule has 0 fully saturated rings. The van der Waals surface area contributed by atoms with Crippen LogP contribution in [-0.2, 0) is 4.79 Å². The zero-order chi connectivity index (χ0) is 10.8. The Bertz CT molecular complexity index is 510. The average molecular weight is 236 g/mol. The lowest BCUT2D eigenvalue weighted by Gasteiger charge is -2.08. The minimum Gasteiger partial charge on any atom is -0.369 e. The summed E-state index contributed by atoms with van der Waals surface area (Å²) in [6.07, 6.45) is 0. The number of amides is 1. The molecule has 0 aliphatic heterocycles. The number of fused-ring (bicyclic) bond motifs is 1. The predicted molar refractivity (Wildman–Crippen MR) is 68.8 cm³/mol. The lowest BCUT2D eigenvalue weighted by molar-refractivity contribution is -0.119. The fourth-order valence-electron chi connectivity index (χ4n) is 1.64. The van der Waals surface area contributed by atoms with Gasteiger partial charge < -0.3 is 5.73 Å². The molecule has 2 aromatic rings. The van der Waals surface area contributed by atoms with Crippen LogP contribution in [0.2, 0.25) is 0 Å². The van der Waals surface area contributed by atoms with Gasteiger partial charge in [-0.3, -0.25) is 4.79 Å². The topological polar surface area (TPSA) is 43.1 Å². The van der Waals surface area contributed by atoms with Crippen molar-refractivity contribution >= 4 is 29.1 Å². The van der Waals surface area contributed by atoms with Gasteiger partial charge in [0, 0.05) is 0 Å². The van der Waals surface area contributed by atoms with Crippen molar-refractivity contribution in [2.45, 2.75) is 12.8 Å². The lowest BCUT2D eigenvalue weighted by atomic mass is 9.97. The number of carbonyl (C=O) groups excluding carboxylic acids is 1. The van der Waals surface area contributed by atoms with Crippen molar-refractivity contribution < 1.29 is 4.79 Å². The van der Waals surface area contributed by atoms with Crippen molar-refractivity contribution in [2.24, 2.45) is 5.73 Å². The van der Waals surface area contributed by atoms with Gasteiger partial charge in [-0.25, -0.2) is 0 Å². The summed E-state index contributed by atoms with van der Waals surface area (Å²) < 4.78 is 0. The van der Waals surface area contributed by atoms with Gasteiger partial charge in [0.25, 0.3) is 0 Å². The van der Waals surface area contributed by atoms with Crippen LogP contribution < -0.4 is 5.73 Å².